The Morgan fingerprint density at radius 2 is 2.06 bits per heavy atom. The van der Waals surface area contributed by atoms with E-state index in [1.165, 1.54) is 4.57 Å². The Bertz CT molecular complexity index is 641. The third kappa shape index (κ3) is 1.77. The van der Waals surface area contributed by atoms with Gasteiger partial charge in [0.1, 0.15) is 12.2 Å². The first-order valence-electron chi connectivity index (χ1n) is 5.89. The van der Waals surface area contributed by atoms with Gasteiger partial charge in [0.2, 0.25) is 5.91 Å². The van der Waals surface area contributed by atoms with Crippen LogP contribution in [0.1, 0.15) is 23.5 Å². The van der Waals surface area contributed by atoms with Gasteiger partial charge in [-0.25, -0.2) is 4.98 Å². The number of hydrogen-bond donors (Lipinski definition) is 1. The zero-order chi connectivity index (χ0) is 12.7. The predicted octanol–water partition coefficient (Wildman–Crippen LogP) is 1.71. The molecule has 0 atom stereocenters. The van der Waals surface area contributed by atoms with Crippen LogP contribution >= 0.6 is 0 Å². The molecule has 5 heteroatoms. The number of hydrogen-bond acceptors (Lipinski definition) is 3. The van der Waals surface area contributed by atoms with Gasteiger partial charge >= 0.3 is 5.97 Å². The lowest BCUT2D eigenvalue weighted by molar-refractivity contribution is -0.136. The topological polar surface area (TPSA) is 72.2 Å². The Balaban J connectivity index is 2.16. The summed E-state index contributed by atoms with van der Waals surface area (Å²) >= 11 is 0. The first-order chi connectivity index (χ1) is 8.66. The van der Waals surface area contributed by atoms with Crippen LogP contribution in [0.25, 0.3) is 11.0 Å². The standard InChI is InChI=1S/C13H12N2O3/c16-12(17)7-11-14-9-3-1-2-4-10(9)15(11)13(18)8-5-6-8/h1-4,8H,5-7H2,(H,16,17). The maximum absolute atomic E-state index is 12.2. The van der Waals surface area contributed by atoms with Gasteiger partial charge in [0.15, 0.2) is 0 Å². The van der Waals surface area contributed by atoms with E-state index in [9.17, 15) is 9.59 Å². The molecule has 0 aliphatic heterocycles. The van der Waals surface area contributed by atoms with Gasteiger partial charge < -0.3 is 5.11 Å². The lowest BCUT2D eigenvalue weighted by atomic mass is 10.3. The van der Waals surface area contributed by atoms with Crippen molar-refractivity contribution in [3.05, 3.63) is 30.1 Å². The van der Waals surface area contributed by atoms with Gasteiger partial charge in [-0.05, 0) is 25.0 Å². The largest absolute Gasteiger partial charge is 0.481 e. The number of aromatic nitrogens is 2. The number of rotatable bonds is 3. The van der Waals surface area contributed by atoms with E-state index in [1.807, 2.05) is 12.1 Å². The third-order valence-electron chi connectivity index (χ3n) is 3.09. The Hall–Kier alpha value is -2.17. The van der Waals surface area contributed by atoms with Gasteiger partial charge in [-0.2, -0.15) is 0 Å². The molecule has 0 saturated heterocycles. The number of aliphatic carboxylic acids is 1. The van der Waals surface area contributed by atoms with Crippen molar-refractivity contribution >= 4 is 22.9 Å². The molecule has 2 aromatic rings. The fourth-order valence-electron chi connectivity index (χ4n) is 2.09. The van der Waals surface area contributed by atoms with Crippen molar-refractivity contribution in [2.24, 2.45) is 5.92 Å². The summed E-state index contributed by atoms with van der Waals surface area (Å²) in [5, 5.41) is 8.89. The SMILES string of the molecule is O=C(O)Cc1nc2ccccc2n1C(=O)C1CC1. The highest BCUT2D eigenvalue weighted by molar-refractivity contribution is 5.94. The van der Waals surface area contributed by atoms with E-state index in [-0.39, 0.29) is 18.2 Å². The number of fused-ring (bicyclic) bond motifs is 1. The average molecular weight is 244 g/mol. The van der Waals surface area contributed by atoms with Crippen LogP contribution in [0.3, 0.4) is 0 Å². The Morgan fingerprint density at radius 1 is 1.33 bits per heavy atom. The molecule has 0 amide bonds. The van der Waals surface area contributed by atoms with Crippen molar-refractivity contribution in [1.82, 2.24) is 9.55 Å². The third-order valence-corrected chi connectivity index (χ3v) is 3.09. The van der Waals surface area contributed by atoms with E-state index >= 15 is 0 Å². The number of nitrogens with zero attached hydrogens (tertiary/aromatic N) is 2. The van der Waals surface area contributed by atoms with Crippen LogP contribution in [0, 0.1) is 5.92 Å². The van der Waals surface area contributed by atoms with Crippen molar-refractivity contribution < 1.29 is 14.7 Å². The minimum absolute atomic E-state index is 0.0278. The number of benzene rings is 1. The second-order valence-electron chi connectivity index (χ2n) is 4.54. The molecular weight excluding hydrogens is 232 g/mol. The molecule has 3 rings (SSSR count). The highest BCUT2D eigenvalue weighted by Gasteiger charge is 2.33. The number of carbonyl (C=O) groups excluding carboxylic acids is 1. The molecule has 1 aromatic heterocycles. The zero-order valence-electron chi connectivity index (χ0n) is 9.67. The normalized spacial score (nSPS) is 14.9. The van der Waals surface area contributed by atoms with E-state index in [0.717, 1.165) is 12.8 Å². The van der Waals surface area contributed by atoms with Gasteiger partial charge in [-0.3, -0.25) is 14.2 Å². The summed E-state index contributed by atoms with van der Waals surface area (Å²) in [5.74, 6) is -0.647. The summed E-state index contributed by atoms with van der Waals surface area (Å²) in [7, 11) is 0. The second kappa shape index (κ2) is 3.94. The Morgan fingerprint density at radius 3 is 2.72 bits per heavy atom. The van der Waals surface area contributed by atoms with Crippen LogP contribution < -0.4 is 0 Å². The van der Waals surface area contributed by atoms with E-state index < -0.39 is 5.97 Å². The molecule has 18 heavy (non-hydrogen) atoms. The Labute approximate surface area is 103 Å². The Kier molecular flexibility index (Phi) is 2.40. The van der Waals surface area contributed by atoms with Gasteiger partial charge in [-0.15, -0.1) is 0 Å². The van der Waals surface area contributed by atoms with E-state index in [0.29, 0.717) is 16.9 Å². The fourth-order valence-corrected chi connectivity index (χ4v) is 2.09. The van der Waals surface area contributed by atoms with E-state index in [4.69, 9.17) is 5.11 Å². The quantitative estimate of drug-likeness (QED) is 0.892. The smallest absolute Gasteiger partial charge is 0.311 e. The van der Waals surface area contributed by atoms with Gasteiger partial charge in [-0.1, -0.05) is 12.1 Å². The van der Waals surface area contributed by atoms with E-state index in [1.54, 1.807) is 12.1 Å². The number of carbonyl (C=O) groups is 2. The first-order valence-corrected chi connectivity index (χ1v) is 5.89. The second-order valence-corrected chi connectivity index (χ2v) is 4.54. The molecule has 1 N–H and O–H groups in total. The maximum atomic E-state index is 12.2. The van der Waals surface area contributed by atoms with Crippen LogP contribution in [-0.4, -0.2) is 26.5 Å². The summed E-state index contributed by atoms with van der Waals surface area (Å²) in [4.78, 5) is 27.3. The number of carboxylic acids is 1. The monoisotopic (exact) mass is 244 g/mol. The van der Waals surface area contributed by atoms with Crippen LogP contribution in [0.5, 0.6) is 0 Å². The lowest BCUT2D eigenvalue weighted by Crippen LogP contribution is -2.18. The molecule has 1 aliphatic carbocycles. The highest BCUT2D eigenvalue weighted by atomic mass is 16.4. The van der Waals surface area contributed by atoms with Crippen molar-refractivity contribution in [1.29, 1.82) is 0 Å². The van der Waals surface area contributed by atoms with Crippen LogP contribution in [0.4, 0.5) is 0 Å². The van der Waals surface area contributed by atoms with Crippen molar-refractivity contribution in [2.75, 3.05) is 0 Å². The van der Waals surface area contributed by atoms with Crippen LogP contribution in [0.15, 0.2) is 24.3 Å². The molecule has 0 unspecified atom stereocenters. The van der Waals surface area contributed by atoms with Gasteiger partial charge in [0.25, 0.3) is 0 Å². The molecule has 1 fully saturated rings. The molecule has 0 radical (unpaired) electrons. The molecule has 0 bridgehead atoms. The highest BCUT2D eigenvalue weighted by Crippen LogP contribution is 2.32. The van der Waals surface area contributed by atoms with Crippen molar-refractivity contribution in [3.8, 4) is 0 Å². The predicted molar refractivity (Wildman–Crippen MR) is 64.4 cm³/mol. The number of para-hydroxylation sites is 2. The molecule has 92 valence electrons. The summed E-state index contributed by atoms with van der Waals surface area (Å²) in [6, 6.07) is 7.24. The fraction of sp³-hybridized carbons (Fsp3) is 0.308. The zero-order valence-corrected chi connectivity index (χ0v) is 9.67. The van der Waals surface area contributed by atoms with Gasteiger partial charge in [0, 0.05) is 5.92 Å². The molecule has 1 saturated carbocycles. The molecule has 5 nitrogen and oxygen atoms in total. The van der Waals surface area contributed by atoms with Crippen molar-refractivity contribution in [2.45, 2.75) is 19.3 Å². The first kappa shape index (κ1) is 11.0. The number of carboxylic acid groups (broad SMARTS) is 1. The summed E-state index contributed by atoms with van der Waals surface area (Å²) < 4.78 is 1.47. The molecule has 1 heterocycles. The minimum Gasteiger partial charge on any atom is -0.481 e. The average Bonchev–Trinajstić information content (AvgIpc) is 3.10. The van der Waals surface area contributed by atoms with Crippen LogP contribution in [-0.2, 0) is 11.2 Å². The van der Waals surface area contributed by atoms with E-state index in [2.05, 4.69) is 4.98 Å². The molecule has 1 aromatic carbocycles. The van der Waals surface area contributed by atoms with Crippen LogP contribution in [0.2, 0.25) is 0 Å². The van der Waals surface area contributed by atoms with Gasteiger partial charge in [0.05, 0.1) is 11.0 Å². The van der Waals surface area contributed by atoms with Crippen molar-refractivity contribution in [3.63, 3.8) is 0 Å². The summed E-state index contributed by atoms with van der Waals surface area (Å²) in [6.45, 7) is 0. The summed E-state index contributed by atoms with van der Waals surface area (Å²) in [6.07, 6.45) is 1.54. The number of imidazole rings is 1. The minimum atomic E-state index is -0.977. The molecule has 0 spiro atoms. The lowest BCUT2D eigenvalue weighted by Gasteiger charge is -2.05. The maximum Gasteiger partial charge on any atom is 0.311 e. The summed E-state index contributed by atoms with van der Waals surface area (Å²) in [5.41, 5.74) is 1.37. The molecular formula is C13H12N2O3. The molecule has 1 aliphatic rings.